The number of hydrogen-bond acceptors (Lipinski definition) is 3. The molecule has 0 heterocycles. The number of nitrogens with one attached hydrogen (secondary N) is 1. The largest absolute Gasteiger partial charge is 0.508 e. The lowest BCUT2D eigenvalue weighted by Gasteiger charge is -2.29. The number of benzene rings is 1. The van der Waals surface area contributed by atoms with Crippen molar-refractivity contribution in [2.45, 2.75) is 51.6 Å². The van der Waals surface area contributed by atoms with Gasteiger partial charge >= 0.3 is 0 Å². The Morgan fingerprint density at radius 3 is 3.11 bits per heavy atom. The van der Waals surface area contributed by atoms with Crippen molar-refractivity contribution in [3.63, 3.8) is 0 Å². The van der Waals surface area contributed by atoms with Crippen molar-refractivity contribution in [1.82, 2.24) is 5.32 Å². The van der Waals surface area contributed by atoms with Crippen LogP contribution >= 0.6 is 11.8 Å². The van der Waals surface area contributed by atoms with Crippen LogP contribution < -0.4 is 5.32 Å². The molecule has 106 valence electrons. The molecule has 0 spiro atoms. The van der Waals surface area contributed by atoms with E-state index in [9.17, 15) is 5.11 Å². The number of thioether (sulfide) groups is 1. The summed E-state index contributed by atoms with van der Waals surface area (Å²) in [5, 5.41) is 13.3. The molecule has 2 rings (SSSR count). The fourth-order valence-electron chi connectivity index (χ4n) is 2.81. The van der Waals surface area contributed by atoms with Gasteiger partial charge in [-0.05, 0) is 67.4 Å². The van der Waals surface area contributed by atoms with Gasteiger partial charge in [0.2, 0.25) is 0 Å². The lowest BCUT2D eigenvalue weighted by molar-refractivity contribution is 0.402. The summed E-state index contributed by atoms with van der Waals surface area (Å²) in [5.74, 6) is 2.84. The summed E-state index contributed by atoms with van der Waals surface area (Å²) in [6.07, 6.45) is 4.75. The van der Waals surface area contributed by atoms with Gasteiger partial charge in [0, 0.05) is 12.1 Å². The van der Waals surface area contributed by atoms with Crippen molar-refractivity contribution in [2.75, 3.05) is 11.5 Å². The minimum absolute atomic E-state index is 0.395. The molecule has 3 heteroatoms. The number of hydrogen-bond donors (Lipinski definition) is 2. The highest BCUT2D eigenvalue weighted by molar-refractivity contribution is 7.99. The second-order valence-electron chi connectivity index (χ2n) is 5.38. The highest BCUT2D eigenvalue weighted by atomic mass is 32.2. The second kappa shape index (κ2) is 7.20. The average Bonchev–Trinajstić information content (AvgIpc) is 2.39. The average molecular weight is 279 g/mol. The van der Waals surface area contributed by atoms with Crippen LogP contribution in [0.25, 0.3) is 0 Å². The maximum absolute atomic E-state index is 9.58. The maximum atomic E-state index is 9.58. The molecule has 1 aromatic rings. The molecule has 0 aliphatic heterocycles. The number of phenols is 1. The number of phenolic OH excluding ortho intramolecular Hbond substituents is 1. The molecule has 19 heavy (non-hydrogen) atoms. The van der Waals surface area contributed by atoms with E-state index in [1.54, 1.807) is 0 Å². The quantitative estimate of drug-likeness (QED) is 0.775. The summed E-state index contributed by atoms with van der Waals surface area (Å²) < 4.78 is 0. The monoisotopic (exact) mass is 279 g/mol. The summed E-state index contributed by atoms with van der Waals surface area (Å²) in [5.41, 5.74) is 2.71. The minimum atomic E-state index is 0.395. The lowest BCUT2D eigenvalue weighted by atomic mass is 9.87. The summed E-state index contributed by atoms with van der Waals surface area (Å²) >= 11 is 2.01. The van der Waals surface area contributed by atoms with Gasteiger partial charge in [-0.15, -0.1) is 0 Å². The first kappa shape index (κ1) is 14.7. The molecule has 2 nitrogen and oxygen atoms in total. The highest BCUT2D eigenvalue weighted by Gasteiger charge is 2.21. The van der Waals surface area contributed by atoms with Crippen molar-refractivity contribution >= 4 is 11.8 Å². The number of aromatic hydroxyl groups is 1. The molecule has 1 aromatic carbocycles. The molecule has 2 atom stereocenters. The van der Waals surface area contributed by atoms with E-state index in [4.69, 9.17) is 0 Å². The van der Waals surface area contributed by atoms with Crippen molar-refractivity contribution in [3.05, 3.63) is 29.3 Å². The zero-order chi connectivity index (χ0) is 13.7. The summed E-state index contributed by atoms with van der Waals surface area (Å²) in [6.45, 7) is 4.50. The van der Waals surface area contributed by atoms with Crippen LogP contribution in [0.4, 0.5) is 0 Å². The first-order valence-electron chi connectivity index (χ1n) is 7.36. The standard InChI is InChI=1S/C16H25NOS/c1-3-19-10-9-12(2)17-16-6-4-5-13-11-14(18)7-8-15(13)16/h7-8,11-12,16-18H,3-6,9-10H2,1-2H3. The molecule has 2 unspecified atom stereocenters. The molecular formula is C16H25NOS. The molecule has 0 saturated carbocycles. The van der Waals surface area contributed by atoms with Gasteiger partial charge in [0.05, 0.1) is 0 Å². The van der Waals surface area contributed by atoms with Gasteiger partial charge in [0.1, 0.15) is 5.75 Å². The van der Waals surface area contributed by atoms with Crippen LogP contribution in [-0.4, -0.2) is 22.7 Å². The molecule has 0 amide bonds. The fraction of sp³-hybridized carbons (Fsp3) is 0.625. The third kappa shape index (κ3) is 4.15. The van der Waals surface area contributed by atoms with E-state index in [1.807, 2.05) is 23.9 Å². The van der Waals surface area contributed by atoms with Crippen molar-refractivity contribution < 1.29 is 5.11 Å². The zero-order valence-corrected chi connectivity index (χ0v) is 12.8. The van der Waals surface area contributed by atoms with E-state index in [0.29, 0.717) is 17.8 Å². The van der Waals surface area contributed by atoms with Crippen molar-refractivity contribution in [1.29, 1.82) is 0 Å². The van der Waals surface area contributed by atoms with Crippen LogP contribution in [0.3, 0.4) is 0 Å². The first-order chi connectivity index (χ1) is 9.20. The van der Waals surface area contributed by atoms with E-state index < -0.39 is 0 Å². The zero-order valence-electron chi connectivity index (χ0n) is 12.0. The van der Waals surface area contributed by atoms with Gasteiger partial charge in [0.25, 0.3) is 0 Å². The number of fused-ring (bicyclic) bond motifs is 1. The Morgan fingerprint density at radius 1 is 1.47 bits per heavy atom. The smallest absolute Gasteiger partial charge is 0.115 e. The predicted molar refractivity (Wildman–Crippen MR) is 84.0 cm³/mol. The fourth-order valence-corrected chi connectivity index (χ4v) is 3.61. The van der Waals surface area contributed by atoms with Gasteiger partial charge in [-0.25, -0.2) is 0 Å². The van der Waals surface area contributed by atoms with Gasteiger partial charge in [-0.1, -0.05) is 13.0 Å². The molecule has 0 aromatic heterocycles. The van der Waals surface area contributed by atoms with Crippen LogP contribution in [0.5, 0.6) is 5.75 Å². The molecule has 1 aliphatic carbocycles. The highest BCUT2D eigenvalue weighted by Crippen LogP contribution is 2.32. The molecule has 0 radical (unpaired) electrons. The predicted octanol–water partition coefficient (Wildman–Crippen LogP) is 3.89. The Morgan fingerprint density at radius 2 is 2.32 bits per heavy atom. The van der Waals surface area contributed by atoms with E-state index in [0.717, 1.165) is 6.42 Å². The number of rotatable bonds is 6. The SMILES string of the molecule is CCSCCC(C)NC1CCCc2cc(O)ccc21. The van der Waals surface area contributed by atoms with Crippen molar-refractivity contribution in [2.24, 2.45) is 0 Å². The Hall–Kier alpha value is -0.670. The summed E-state index contributed by atoms with van der Waals surface area (Å²) in [6, 6.07) is 6.86. The summed E-state index contributed by atoms with van der Waals surface area (Å²) in [4.78, 5) is 0. The molecule has 2 N–H and O–H groups in total. The minimum Gasteiger partial charge on any atom is -0.508 e. The molecular weight excluding hydrogens is 254 g/mol. The summed E-state index contributed by atoms with van der Waals surface area (Å²) in [7, 11) is 0. The van der Waals surface area contributed by atoms with Crippen LogP contribution in [-0.2, 0) is 6.42 Å². The van der Waals surface area contributed by atoms with Crippen LogP contribution in [0.15, 0.2) is 18.2 Å². The Balaban J connectivity index is 1.95. The van der Waals surface area contributed by atoms with Crippen LogP contribution in [0, 0.1) is 0 Å². The third-order valence-corrected chi connectivity index (χ3v) is 4.76. The number of aryl methyl sites for hydroxylation is 1. The van der Waals surface area contributed by atoms with E-state index in [1.165, 1.54) is 41.9 Å². The van der Waals surface area contributed by atoms with Gasteiger partial charge in [-0.2, -0.15) is 11.8 Å². The second-order valence-corrected chi connectivity index (χ2v) is 6.78. The van der Waals surface area contributed by atoms with Gasteiger partial charge in [0.15, 0.2) is 0 Å². The van der Waals surface area contributed by atoms with E-state index in [2.05, 4.69) is 25.2 Å². The molecule has 0 fully saturated rings. The Kier molecular flexibility index (Phi) is 5.59. The lowest BCUT2D eigenvalue weighted by Crippen LogP contribution is -2.33. The topological polar surface area (TPSA) is 32.3 Å². The Labute approximate surface area is 121 Å². The molecule has 0 saturated heterocycles. The first-order valence-corrected chi connectivity index (χ1v) is 8.51. The van der Waals surface area contributed by atoms with Crippen molar-refractivity contribution in [3.8, 4) is 5.75 Å². The third-order valence-electron chi connectivity index (χ3n) is 3.83. The normalized spacial score (nSPS) is 20.0. The van der Waals surface area contributed by atoms with Gasteiger partial charge < -0.3 is 10.4 Å². The Bertz CT molecular complexity index is 408. The maximum Gasteiger partial charge on any atom is 0.115 e. The van der Waals surface area contributed by atoms with Gasteiger partial charge in [-0.3, -0.25) is 0 Å². The van der Waals surface area contributed by atoms with Crippen LogP contribution in [0.1, 0.15) is 50.3 Å². The van der Waals surface area contributed by atoms with Crippen LogP contribution in [0.2, 0.25) is 0 Å². The van der Waals surface area contributed by atoms with E-state index in [-0.39, 0.29) is 0 Å². The molecule has 0 bridgehead atoms. The van der Waals surface area contributed by atoms with E-state index >= 15 is 0 Å². The molecule has 1 aliphatic rings.